The minimum absolute atomic E-state index is 0.0922. The second-order valence-electron chi connectivity index (χ2n) is 7.10. The molecule has 2 fully saturated rings. The van der Waals surface area contributed by atoms with Crippen LogP contribution in [-0.2, 0) is 23.2 Å². The van der Waals surface area contributed by atoms with Crippen molar-refractivity contribution in [3.05, 3.63) is 18.0 Å². The first-order valence-electron chi connectivity index (χ1n) is 8.06. The van der Waals surface area contributed by atoms with Gasteiger partial charge in [-0.05, 0) is 0 Å². The number of likely N-dealkylation sites (tertiary alicyclic amines) is 1. The van der Waals surface area contributed by atoms with Gasteiger partial charge in [0.15, 0.2) is 0 Å². The monoisotopic (exact) mass is 319 g/mol. The van der Waals surface area contributed by atoms with Crippen LogP contribution in [0.5, 0.6) is 0 Å². The Balaban J connectivity index is 1.80. The molecular formula is C16H25N5O2. The van der Waals surface area contributed by atoms with E-state index in [9.17, 15) is 9.59 Å². The summed E-state index contributed by atoms with van der Waals surface area (Å²) in [7, 11) is 3.76. The van der Waals surface area contributed by atoms with Crippen molar-refractivity contribution in [2.45, 2.75) is 19.9 Å². The number of hydrogen-bond acceptors (Lipinski definition) is 4. The lowest BCUT2D eigenvalue weighted by atomic mass is 9.86. The molecule has 0 aromatic carbocycles. The van der Waals surface area contributed by atoms with E-state index in [1.807, 2.05) is 31.4 Å². The quantitative estimate of drug-likeness (QED) is 0.766. The Kier molecular flexibility index (Phi) is 4.14. The molecule has 126 valence electrons. The average Bonchev–Trinajstić information content (AvgIpc) is 2.91. The number of aromatic nitrogens is 2. The molecule has 3 heterocycles. The number of carbonyl (C=O) groups is 2. The molecule has 0 N–H and O–H groups in total. The summed E-state index contributed by atoms with van der Waals surface area (Å²) >= 11 is 0. The van der Waals surface area contributed by atoms with Crippen molar-refractivity contribution in [2.24, 2.45) is 12.5 Å². The van der Waals surface area contributed by atoms with Gasteiger partial charge in [0.1, 0.15) is 0 Å². The normalized spacial score (nSPS) is 26.1. The zero-order valence-electron chi connectivity index (χ0n) is 14.2. The lowest BCUT2D eigenvalue weighted by Gasteiger charge is -2.33. The molecule has 1 atom stereocenters. The van der Waals surface area contributed by atoms with E-state index >= 15 is 0 Å². The third-order valence-electron chi connectivity index (χ3n) is 4.91. The van der Waals surface area contributed by atoms with Crippen LogP contribution in [0.15, 0.2) is 12.4 Å². The van der Waals surface area contributed by atoms with Gasteiger partial charge in [-0.3, -0.25) is 19.2 Å². The van der Waals surface area contributed by atoms with Crippen molar-refractivity contribution in [3.63, 3.8) is 0 Å². The first kappa shape index (κ1) is 16.0. The van der Waals surface area contributed by atoms with Crippen LogP contribution in [-0.4, -0.2) is 76.1 Å². The number of amides is 2. The Morgan fingerprint density at radius 2 is 2.04 bits per heavy atom. The smallest absolute Gasteiger partial charge is 0.223 e. The van der Waals surface area contributed by atoms with Crippen molar-refractivity contribution in [3.8, 4) is 0 Å². The summed E-state index contributed by atoms with van der Waals surface area (Å²) in [4.78, 5) is 30.1. The van der Waals surface area contributed by atoms with Crippen LogP contribution in [0.25, 0.3) is 0 Å². The second-order valence-corrected chi connectivity index (χ2v) is 7.10. The van der Waals surface area contributed by atoms with Gasteiger partial charge < -0.3 is 9.80 Å². The highest BCUT2D eigenvalue weighted by molar-refractivity contribution is 5.79. The van der Waals surface area contributed by atoms with Crippen molar-refractivity contribution >= 4 is 11.8 Å². The van der Waals surface area contributed by atoms with Crippen molar-refractivity contribution < 1.29 is 9.59 Å². The summed E-state index contributed by atoms with van der Waals surface area (Å²) in [5.41, 5.74) is 1.01. The van der Waals surface area contributed by atoms with E-state index in [0.717, 1.165) is 38.3 Å². The largest absolute Gasteiger partial charge is 0.345 e. The van der Waals surface area contributed by atoms with E-state index in [0.29, 0.717) is 13.0 Å². The molecule has 1 aromatic heterocycles. The molecule has 2 saturated heterocycles. The molecule has 2 amide bonds. The fourth-order valence-corrected chi connectivity index (χ4v) is 3.88. The van der Waals surface area contributed by atoms with Crippen molar-refractivity contribution in [1.82, 2.24) is 24.5 Å². The number of nitrogens with zero attached hydrogens (tertiary/aromatic N) is 5. The van der Waals surface area contributed by atoms with Gasteiger partial charge in [0.2, 0.25) is 11.8 Å². The van der Waals surface area contributed by atoms with Crippen molar-refractivity contribution in [1.29, 1.82) is 0 Å². The summed E-state index contributed by atoms with van der Waals surface area (Å²) in [5.74, 6) is 0.270. The number of rotatable bonds is 2. The van der Waals surface area contributed by atoms with Gasteiger partial charge in [0, 0.05) is 83.9 Å². The van der Waals surface area contributed by atoms with Gasteiger partial charge >= 0.3 is 0 Å². The molecule has 0 bridgehead atoms. The van der Waals surface area contributed by atoms with Crippen LogP contribution in [0.2, 0.25) is 0 Å². The summed E-state index contributed by atoms with van der Waals surface area (Å²) in [6.45, 7) is 6.19. The molecule has 2 aliphatic rings. The molecule has 0 aliphatic carbocycles. The Hall–Kier alpha value is -1.89. The first-order chi connectivity index (χ1) is 10.9. The SMILES string of the molecule is CC(=O)N1CCN(Cc2cnn(C)c2)C[C@@]2(CC(=O)N(C)C2)C1. The van der Waals surface area contributed by atoms with E-state index in [1.54, 1.807) is 16.5 Å². The maximum Gasteiger partial charge on any atom is 0.223 e. The zero-order valence-corrected chi connectivity index (χ0v) is 14.2. The molecule has 0 unspecified atom stereocenters. The van der Waals surface area contributed by atoms with Gasteiger partial charge in [-0.25, -0.2) is 0 Å². The van der Waals surface area contributed by atoms with Gasteiger partial charge in [0.25, 0.3) is 0 Å². The minimum Gasteiger partial charge on any atom is -0.345 e. The fraction of sp³-hybridized carbons (Fsp3) is 0.688. The van der Waals surface area contributed by atoms with Crippen molar-refractivity contribution in [2.75, 3.05) is 39.8 Å². The summed E-state index contributed by atoms with van der Waals surface area (Å²) in [5, 5.41) is 4.22. The molecule has 3 rings (SSSR count). The van der Waals surface area contributed by atoms with Gasteiger partial charge in [-0.2, -0.15) is 5.10 Å². The summed E-state index contributed by atoms with van der Waals surface area (Å²) < 4.78 is 1.80. The van der Waals surface area contributed by atoms with Gasteiger partial charge in [0.05, 0.1) is 6.20 Å². The molecule has 1 aromatic rings. The lowest BCUT2D eigenvalue weighted by molar-refractivity contribution is -0.130. The highest BCUT2D eigenvalue weighted by Gasteiger charge is 2.45. The number of carbonyl (C=O) groups excluding carboxylic acids is 2. The van der Waals surface area contributed by atoms with Crippen LogP contribution in [0, 0.1) is 5.41 Å². The molecule has 1 spiro atoms. The third kappa shape index (κ3) is 3.39. The first-order valence-corrected chi connectivity index (χ1v) is 8.06. The Labute approximate surface area is 136 Å². The topological polar surface area (TPSA) is 61.7 Å². The molecule has 23 heavy (non-hydrogen) atoms. The third-order valence-corrected chi connectivity index (χ3v) is 4.91. The average molecular weight is 319 g/mol. The van der Waals surface area contributed by atoms with E-state index in [2.05, 4.69) is 10.00 Å². The van der Waals surface area contributed by atoms with Gasteiger partial charge in [-0.1, -0.05) is 0 Å². The summed E-state index contributed by atoms with van der Waals surface area (Å²) in [6, 6.07) is 0. The van der Waals surface area contributed by atoms with E-state index in [1.165, 1.54) is 0 Å². The highest BCUT2D eigenvalue weighted by Crippen LogP contribution is 2.34. The Morgan fingerprint density at radius 1 is 1.26 bits per heavy atom. The maximum absolute atomic E-state index is 12.1. The fourth-order valence-electron chi connectivity index (χ4n) is 3.88. The van der Waals surface area contributed by atoms with E-state index < -0.39 is 0 Å². The molecular weight excluding hydrogens is 294 g/mol. The van der Waals surface area contributed by atoms with E-state index in [-0.39, 0.29) is 17.2 Å². The zero-order chi connectivity index (χ0) is 16.6. The van der Waals surface area contributed by atoms with Crippen LogP contribution in [0.4, 0.5) is 0 Å². The molecule has 2 aliphatic heterocycles. The predicted molar refractivity (Wildman–Crippen MR) is 85.4 cm³/mol. The molecule has 0 saturated carbocycles. The van der Waals surface area contributed by atoms with Crippen LogP contribution < -0.4 is 0 Å². The minimum atomic E-state index is -0.157. The Bertz CT molecular complexity index is 613. The predicted octanol–water partition coefficient (Wildman–Crippen LogP) is -0.0673. The molecule has 7 heteroatoms. The van der Waals surface area contributed by atoms with Gasteiger partial charge in [-0.15, -0.1) is 0 Å². The van der Waals surface area contributed by atoms with Crippen LogP contribution in [0.3, 0.4) is 0 Å². The highest BCUT2D eigenvalue weighted by atomic mass is 16.2. The standard InChI is InChI=1S/C16H25N5O2/c1-13(22)21-5-4-20(9-14-7-17-19(3)8-14)11-16(12-21)6-15(23)18(2)10-16/h7-8H,4-6,9-12H2,1-3H3/t16-/m0/s1. The Morgan fingerprint density at radius 3 is 2.61 bits per heavy atom. The maximum atomic E-state index is 12.1. The van der Waals surface area contributed by atoms with Crippen LogP contribution in [0.1, 0.15) is 18.9 Å². The molecule has 0 radical (unpaired) electrons. The number of aryl methyl sites for hydroxylation is 1. The van der Waals surface area contributed by atoms with Crippen LogP contribution >= 0.6 is 0 Å². The molecule has 7 nitrogen and oxygen atoms in total. The number of hydrogen-bond donors (Lipinski definition) is 0. The summed E-state index contributed by atoms with van der Waals surface area (Å²) in [6.07, 6.45) is 4.43. The lowest BCUT2D eigenvalue weighted by Crippen LogP contribution is -2.43. The second kappa shape index (κ2) is 5.96. The van der Waals surface area contributed by atoms with E-state index in [4.69, 9.17) is 0 Å².